The number of carbonyl (C=O) groups is 1. The van der Waals surface area contributed by atoms with E-state index >= 15 is 0 Å². The van der Waals surface area contributed by atoms with Gasteiger partial charge in [0.1, 0.15) is 5.75 Å². The Balaban J connectivity index is 1.80. The second-order valence-electron chi connectivity index (χ2n) is 9.36. The first-order valence-corrected chi connectivity index (χ1v) is 12.8. The van der Waals surface area contributed by atoms with Gasteiger partial charge in [0, 0.05) is 16.8 Å². The molecule has 1 atom stereocenters. The normalized spacial score (nSPS) is 15.8. The molecule has 0 radical (unpaired) electrons. The Labute approximate surface area is 213 Å². The highest BCUT2D eigenvalue weighted by atomic mass is 32.1. The number of hydrogen-bond acceptors (Lipinski definition) is 5. The number of ether oxygens (including phenoxy) is 1. The fourth-order valence-electron chi connectivity index (χ4n) is 4.91. The third-order valence-corrected chi connectivity index (χ3v) is 7.71. The maximum atomic E-state index is 13.9. The number of methoxy groups -OCH3 is 1. The van der Waals surface area contributed by atoms with E-state index in [2.05, 4.69) is 26.0 Å². The number of fused-ring (bicyclic) bond motifs is 2. The predicted molar refractivity (Wildman–Crippen MR) is 145 cm³/mol. The maximum Gasteiger partial charge on any atom is 0.271 e. The number of hydrogen-bond donors (Lipinski definition) is 0. The molecule has 1 unspecified atom stereocenters. The number of ketones is 1. The summed E-state index contributed by atoms with van der Waals surface area (Å²) in [7, 11) is 1.61. The van der Waals surface area contributed by atoms with Crippen LogP contribution in [-0.2, 0) is 4.79 Å². The fraction of sp³-hybridized carbons (Fsp3) is 0.233. The summed E-state index contributed by atoms with van der Waals surface area (Å²) in [6, 6.07) is 19.5. The van der Waals surface area contributed by atoms with E-state index in [1.54, 1.807) is 11.7 Å². The lowest BCUT2D eigenvalue weighted by atomic mass is 9.89. The van der Waals surface area contributed by atoms with Gasteiger partial charge in [-0.1, -0.05) is 79.8 Å². The van der Waals surface area contributed by atoms with Crippen molar-refractivity contribution in [2.45, 2.75) is 39.7 Å². The van der Waals surface area contributed by atoms with Gasteiger partial charge in [0.05, 0.1) is 17.7 Å². The Morgan fingerprint density at radius 2 is 1.81 bits per heavy atom. The largest absolute Gasteiger partial charge is 0.496 e. The SMILES string of the molecule is COc1ccc2ccccc2c1C1C(C(C)=O)=C(C)N=c2sc(=Cc3ccc(C(C)C)cc3)c(=O)n21. The summed E-state index contributed by atoms with van der Waals surface area (Å²) in [6.45, 7) is 7.68. The van der Waals surface area contributed by atoms with Gasteiger partial charge in [-0.15, -0.1) is 0 Å². The zero-order valence-electron chi connectivity index (χ0n) is 21.0. The Morgan fingerprint density at radius 1 is 1.08 bits per heavy atom. The van der Waals surface area contributed by atoms with Gasteiger partial charge in [-0.25, -0.2) is 4.99 Å². The summed E-state index contributed by atoms with van der Waals surface area (Å²) in [4.78, 5) is 32.1. The van der Waals surface area contributed by atoms with Crippen LogP contribution in [0.5, 0.6) is 5.75 Å². The third kappa shape index (κ3) is 4.01. The number of Topliss-reactive ketones (excluding diaryl/α,β-unsaturated/α-hetero) is 1. The van der Waals surface area contributed by atoms with Crippen molar-refractivity contribution in [3.8, 4) is 5.75 Å². The molecule has 0 fully saturated rings. The number of thiazole rings is 1. The molecule has 5 rings (SSSR count). The van der Waals surface area contributed by atoms with Crippen LogP contribution in [0, 0.1) is 0 Å². The van der Waals surface area contributed by atoms with Crippen molar-refractivity contribution in [2.75, 3.05) is 7.11 Å². The standard InChI is InChI=1S/C30H28N2O3S/c1-17(2)21-12-10-20(11-13-21)16-25-29(34)32-28(26(19(4)33)18(3)31-30(32)36-25)27-23-9-7-6-8-22(23)14-15-24(27)35-5/h6-17,28H,1-5H3. The van der Waals surface area contributed by atoms with E-state index in [0.29, 0.717) is 32.3 Å². The summed E-state index contributed by atoms with van der Waals surface area (Å²) < 4.78 is 8.01. The Hall–Kier alpha value is -3.77. The minimum absolute atomic E-state index is 0.116. The zero-order valence-corrected chi connectivity index (χ0v) is 21.8. The van der Waals surface area contributed by atoms with E-state index in [9.17, 15) is 9.59 Å². The lowest BCUT2D eigenvalue weighted by Crippen LogP contribution is -2.39. The fourth-order valence-corrected chi connectivity index (χ4v) is 5.95. The molecule has 0 saturated heterocycles. The molecular formula is C30H28N2O3S. The third-order valence-electron chi connectivity index (χ3n) is 6.73. The smallest absolute Gasteiger partial charge is 0.271 e. The number of carbonyl (C=O) groups excluding carboxylic acids is 1. The van der Waals surface area contributed by atoms with Crippen molar-refractivity contribution in [1.29, 1.82) is 0 Å². The summed E-state index contributed by atoms with van der Waals surface area (Å²) in [5, 5.41) is 1.95. The highest BCUT2D eigenvalue weighted by Gasteiger charge is 2.33. The highest BCUT2D eigenvalue weighted by Crippen LogP contribution is 2.40. The molecule has 4 aromatic rings. The molecule has 1 aromatic heterocycles. The molecule has 1 aliphatic heterocycles. The van der Waals surface area contributed by atoms with Crippen LogP contribution in [0.2, 0.25) is 0 Å². The molecule has 0 saturated carbocycles. The summed E-state index contributed by atoms with van der Waals surface area (Å²) in [6.07, 6.45) is 1.90. The second kappa shape index (κ2) is 9.36. The number of benzene rings is 3. The summed E-state index contributed by atoms with van der Waals surface area (Å²) >= 11 is 1.34. The average molecular weight is 497 g/mol. The van der Waals surface area contributed by atoms with Crippen molar-refractivity contribution < 1.29 is 9.53 Å². The van der Waals surface area contributed by atoms with E-state index in [1.165, 1.54) is 23.8 Å². The molecule has 182 valence electrons. The molecule has 0 amide bonds. The minimum atomic E-state index is -0.634. The lowest BCUT2D eigenvalue weighted by Gasteiger charge is -2.27. The number of nitrogens with zero attached hydrogens (tertiary/aromatic N) is 2. The van der Waals surface area contributed by atoms with Gasteiger partial charge >= 0.3 is 0 Å². The van der Waals surface area contributed by atoms with Crippen molar-refractivity contribution in [3.63, 3.8) is 0 Å². The van der Waals surface area contributed by atoms with Crippen LogP contribution in [0.25, 0.3) is 16.8 Å². The van der Waals surface area contributed by atoms with Crippen molar-refractivity contribution in [1.82, 2.24) is 4.57 Å². The van der Waals surface area contributed by atoms with Gasteiger partial charge in [0.15, 0.2) is 10.6 Å². The van der Waals surface area contributed by atoms with E-state index in [1.807, 2.05) is 61.5 Å². The van der Waals surface area contributed by atoms with Crippen LogP contribution >= 0.6 is 11.3 Å². The van der Waals surface area contributed by atoms with Crippen molar-refractivity contribution in [2.24, 2.45) is 4.99 Å². The van der Waals surface area contributed by atoms with Crippen LogP contribution in [-0.4, -0.2) is 17.5 Å². The lowest BCUT2D eigenvalue weighted by molar-refractivity contribution is -0.114. The van der Waals surface area contributed by atoms with Crippen LogP contribution in [0.15, 0.2) is 81.7 Å². The molecule has 2 heterocycles. The molecule has 5 nitrogen and oxygen atoms in total. The quantitative estimate of drug-likeness (QED) is 0.386. The predicted octanol–water partition coefficient (Wildman–Crippen LogP) is 5.11. The topological polar surface area (TPSA) is 60.7 Å². The molecule has 0 bridgehead atoms. The van der Waals surface area contributed by atoms with E-state index < -0.39 is 6.04 Å². The Kier molecular flexibility index (Phi) is 6.22. The van der Waals surface area contributed by atoms with Crippen molar-refractivity contribution in [3.05, 3.63) is 108 Å². The summed E-state index contributed by atoms with van der Waals surface area (Å²) in [5.41, 5.74) is 3.95. The van der Waals surface area contributed by atoms with Gasteiger partial charge in [0.25, 0.3) is 5.56 Å². The molecule has 1 aliphatic rings. The Morgan fingerprint density at radius 3 is 2.47 bits per heavy atom. The monoisotopic (exact) mass is 496 g/mol. The minimum Gasteiger partial charge on any atom is -0.496 e. The van der Waals surface area contributed by atoms with E-state index in [0.717, 1.165) is 21.9 Å². The molecule has 36 heavy (non-hydrogen) atoms. The summed E-state index contributed by atoms with van der Waals surface area (Å²) in [5.74, 6) is 0.953. The molecule has 0 N–H and O–H groups in total. The molecular weight excluding hydrogens is 468 g/mol. The average Bonchev–Trinajstić information content (AvgIpc) is 3.16. The van der Waals surface area contributed by atoms with Gasteiger partial charge < -0.3 is 4.74 Å². The van der Waals surface area contributed by atoms with Gasteiger partial charge in [-0.05, 0) is 53.8 Å². The van der Waals surface area contributed by atoms with Gasteiger partial charge in [-0.3, -0.25) is 14.2 Å². The first-order valence-electron chi connectivity index (χ1n) is 12.0. The second-order valence-corrected chi connectivity index (χ2v) is 10.4. The van der Waals surface area contributed by atoms with Gasteiger partial charge in [0.2, 0.25) is 0 Å². The Bertz CT molecular complexity index is 1710. The number of aromatic nitrogens is 1. The van der Waals surface area contributed by atoms with Crippen molar-refractivity contribution >= 4 is 34.0 Å². The number of allylic oxidation sites excluding steroid dienone is 2. The molecule has 3 aromatic carbocycles. The molecule has 6 heteroatoms. The first-order chi connectivity index (χ1) is 17.3. The highest BCUT2D eigenvalue weighted by molar-refractivity contribution is 7.07. The maximum absolute atomic E-state index is 13.9. The number of rotatable bonds is 5. The van der Waals surface area contributed by atoms with Crippen LogP contribution in [0.1, 0.15) is 56.3 Å². The molecule has 0 aliphatic carbocycles. The van der Waals surface area contributed by atoms with Crippen LogP contribution in [0.4, 0.5) is 0 Å². The van der Waals surface area contributed by atoms with Gasteiger partial charge in [-0.2, -0.15) is 0 Å². The molecule has 0 spiro atoms. The van der Waals surface area contributed by atoms with E-state index in [4.69, 9.17) is 9.73 Å². The van der Waals surface area contributed by atoms with Crippen LogP contribution < -0.4 is 19.6 Å². The first kappa shape index (κ1) is 23.9. The van der Waals surface area contributed by atoms with E-state index in [-0.39, 0.29) is 11.3 Å². The zero-order chi connectivity index (χ0) is 25.6. The van der Waals surface area contributed by atoms with Crippen LogP contribution in [0.3, 0.4) is 0 Å².